The SMILES string of the molecule is CC[C@@H](NCc1c(C)nn(C)c1OC)c1ccc2c(c1)OCCO2. The molecule has 0 amide bonds. The Balaban J connectivity index is 1.76. The number of benzene rings is 1. The molecule has 0 saturated carbocycles. The summed E-state index contributed by atoms with van der Waals surface area (Å²) in [5.74, 6) is 2.45. The van der Waals surface area contributed by atoms with Crippen molar-refractivity contribution in [2.45, 2.75) is 32.9 Å². The van der Waals surface area contributed by atoms with E-state index in [0.29, 0.717) is 19.8 Å². The Bertz CT molecular complexity index is 712. The van der Waals surface area contributed by atoms with E-state index in [2.05, 4.69) is 29.5 Å². The Morgan fingerprint density at radius 1 is 1.29 bits per heavy atom. The van der Waals surface area contributed by atoms with Crippen LogP contribution < -0.4 is 19.5 Å². The number of fused-ring (bicyclic) bond motifs is 1. The van der Waals surface area contributed by atoms with Gasteiger partial charge in [0.2, 0.25) is 5.88 Å². The Kier molecular flexibility index (Phi) is 4.94. The monoisotopic (exact) mass is 331 g/mol. The van der Waals surface area contributed by atoms with Gasteiger partial charge in [-0.05, 0) is 31.0 Å². The molecule has 1 aliphatic rings. The molecule has 6 heteroatoms. The van der Waals surface area contributed by atoms with Crippen LogP contribution in [0.1, 0.15) is 36.2 Å². The van der Waals surface area contributed by atoms with Crippen molar-refractivity contribution < 1.29 is 14.2 Å². The molecule has 2 heterocycles. The standard InChI is InChI=1S/C18H25N3O3/c1-5-15(13-6-7-16-17(10-13)24-9-8-23-16)19-11-14-12(2)20-21(3)18(14)22-4/h6-7,10,15,19H,5,8-9,11H2,1-4H3/t15-/m1/s1. The molecule has 24 heavy (non-hydrogen) atoms. The topological polar surface area (TPSA) is 57.5 Å². The zero-order chi connectivity index (χ0) is 17.1. The lowest BCUT2D eigenvalue weighted by molar-refractivity contribution is 0.171. The second-order valence-electron chi connectivity index (χ2n) is 5.94. The van der Waals surface area contributed by atoms with E-state index in [1.165, 1.54) is 5.56 Å². The summed E-state index contributed by atoms with van der Waals surface area (Å²) >= 11 is 0. The number of rotatable bonds is 6. The molecule has 0 saturated heterocycles. The van der Waals surface area contributed by atoms with Crippen molar-refractivity contribution in [3.8, 4) is 17.4 Å². The third-order valence-corrected chi connectivity index (χ3v) is 4.38. The van der Waals surface area contributed by atoms with Crippen LogP contribution in [0.25, 0.3) is 0 Å². The molecule has 0 fully saturated rings. The van der Waals surface area contributed by atoms with E-state index in [0.717, 1.165) is 35.1 Å². The Hall–Kier alpha value is -2.21. The minimum Gasteiger partial charge on any atom is -0.486 e. The minimum atomic E-state index is 0.227. The third kappa shape index (κ3) is 3.19. The predicted octanol–water partition coefficient (Wildman–Crippen LogP) is 2.75. The lowest BCUT2D eigenvalue weighted by Crippen LogP contribution is -2.21. The van der Waals surface area contributed by atoms with Crippen LogP contribution in [0.4, 0.5) is 0 Å². The van der Waals surface area contributed by atoms with Crippen LogP contribution in [0.5, 0.6) is 17.4 Å². The van der Waals surface area contributed by atoms with Crippen LogP contribution in [0.15, 0.2) is 18.2 Å². The number of nitrogens with zero attached hydrogens (tertiary/aromatic N) is 2. The van der Waals surface area contributed by atoms with Gasteiger partial charge in [-0.3, -0.25) is 0 Å². The lowest BCUT2D eigenvalue weighted by Gasteiger charge is -2.22. The van der Waals surface area contributed by atoms with Gasteiger partial charge in [0.05, 0.1) is 18.4 Å². The fourth-order valence-corrected chi connectivity index (χ4v) is 3.14. The van der Waals surface area contributed by atoms with E-state index in [1.54, 1.807) is 11.8 Å². The van der Waals surface area contributed by atoms with E-state index in [1.807, 2.05) is 20.0 Å². The first-order valence-corrected chi connectivity index (χ1v) is 8.33. The Morgan fingerprint density at radius 2 is 2.04 bits per heavy atom. The van der Waals surface area contributed by atoms with Crippen molar-refractivity contribution in [1.82, 2.24) is 15.1 Å². The van der Waals surface area contributed by atoms with Crippen molar-refractivity contribution in [2.75, 3.05) is 20.3 Å². The first-order chi connectivity index (χ1) is 11.6. The molecule has 1 N–H and O–H groups in total. The number of hydrogen-bond acceptors (Lipinski definition) is 5. The van der Waals surface area contributed by atoms with Gasteiger partial charge in [0.1, 0.15) is 13.2 Å². The van der Waals surface area contributed by atoms with E-state index in [9.17, 15) is 0 Å². The summed E-state index contributed by atoms with van der Waals surface area (Å²) in [5, 5.41) is 8.04. The molecule has 0 aliphatic carbocycles. The minimum absolute atomic E-state index is 0.227. The highest BCUT2D eigenvalue weighted by molar-refractivity contribution is 5.44. The van der Waals surface area contributed by atoms with Gasteiger partial charge in [0, 0.05) is 19.6 Å². The third-order valence-electron chi connectivity index (χ3n) is 4.38. The highest BCUT2D eigenvalue weighted by Crippen LogP contribution is 2.33. The maximum atomic E-state index is 5.69. The fraction of sp³-hybridized carbons (Fsp3) is 0.500. The zero-order valence-corrected chi connectivity index (χ0v) is 14.8. The van der Waals surface area contributed by atoms with Gasteiger partial charge in [-0.25, -0.2) is 4.68 Å². The van der Waals surface area contributed by atoms with Crippen LogP contribution in [0, 0.1) is 6.92 Å². The number of nitrogens with one attached hydrogen (secondary N) is 1. The van der Waals surface area contributed by atoms with Crippen LogP contribution in [-0.2, 0) is 13.6 Å². The Labute approximate surface area is 142 Å². The fourth-order valence-electron chi connectivity index (χ4n) is 3.14. The molecule has 2 aromatic rings. The summed E-state index contributed by atoms with van der Waals surface area (Å²) in [4.78, 5) is 0. The van der Waals surface area contributed by atoms with Gasteiger partial charge in [0.25, 0.3) is 0 Å². The van der Waals surface area contributed by atoms with Gasteiger partial charge in [-0.2, -0.15) is 5.10 Å². The summed E-state index contributed by atoms with van der Waals surface area (Å²) in [6, 6.07) is 6.39. The highest BCUT2D eigenvalue weighted by atomic mass is 16.6. The molecule has 130 valence electrons. The van der Waals surface area contributed by atoms with Crippen LogP contribution in [0.3, 0.4) is 0 Å². The molecule has 0 bridgehead atoms. The molecule has 1 atom stereocenters. The number of methoxy groups -OCH3 is 1. The van der Waals surface area contributed by atoms with E-state index < -0.39 is 0 Å². The van der Waals surface area contributed by atoms with Crippen molar-refractivity contribution in [3.05, 3.63) is 35.0 Å². The predicted molar refractivity (Wildman–Crippen MR) is 91.8 cm³/mol. The summed E-state index contributed by atoms with van der Waals surface area (Å²) in [6.45, 7) is 6.09. The number of ether oxygens (including phenoxy) is 3. The largest absolute Gasteiger partial charge is 0.486 e. The highest BCUT2D eigenvalue weighted by Gasteiger charge is 2.18. The van der Waals surface area contributed by atoms with Crippen molar-refractivity contribution in [2.24, 2.45) is 7.05 Å². The molecular weight excluding hydrogens is 306 g/mol. The van der Waals surface area contributed by atoms with E-state index in [4.69, 9.17) is 14.2 Å². The molecule has 0 radical (unpaired) electrons. The molecule has 6 nitrogen and oxygen atoms in total. The summed E-state index contributed by atoms with van der Waals surface area (Å²) in [5.41, 5.74) is 3.28. The van der Waals surface area contributed by atoms with Gasteiger partial charge >= 0.3 is 0 Å². The van der Waals surface area contributed by atoms with Gasteiger partial charge < -0.3 is 19.5 Å². The molecule has 0 unspecified atom stereocenters. The van der Waals surface area contributed by atoms with Crippen LogP contribution >= 0.6 is 0 Å². The second-order valence-corrected chi connectivity index (χ2v) is 5.94. The van der Waals surface area contributed by atoms with Gasteiger partial charge in [-0.1, -0.05) is 13.0 Å². The summed E-state index contributed by atoms with van der Waals surface area (Å²) < 4.78 is 18.5. The number of aryl methyl sites for hydroxylation is 2. The average Bonchev–Trinajstić information content (AvgIpc) is 2.88. The van der Waals surface area contributed by atoms with Crippen LogP contribution in [0.2, 0.25) is 0 Å². The second kappa shape index (κ2) is 7.13. The van der Waals surface area contributed by atoms with E-state index >= 15 is 0 Å². The Morgan fingerprint density at radius 3 is 2.75 bits per heavy atom. The first kappa shape index (κ1) is 16.6. The summed E-state index contributed by atoms with van der Waals surface area (Å²) in [6.07, 6.45) is 0.973. The molecule has 1 aromatic heterocycles. The van der Waals surface area contributed by atoms with Crippen molar-refractivity contribution in [3.63, 3.8) is 0 Å². The molecule has 3 rings (SSSR count). The van der Waals surface area contributed by atoms with Gasteiger partial charge in [0.15, 0.2) is 11.5 Å². The number of aromatic nitrogens is 2. The molecule has 0 spiro atoms. The van der Waals surface area contributed by atoms with E-state index in [-0.39, 0.29) is 6.04 Å². The maximum Gasteiger partial charge on any atom is 0.216 e. The van der Waals surface area contributed by atoms with Crippen molar-refractivity contribution in [1.29, 1.82) is 0 Å². The zero-order valence-electron chi connectivity index (χ0n) is 14.8. The maximum absolute atomic E-state index is 5.69. The number of hydrogen-bond donors (Lipinski definition) is 1. The smallest absolute Gasteiger partial charge is 0.216 e. The average molecular weight is 331 g/mol. The normalized spacial score (nSPS) is 14.5. The van der Waals surface area contributed by atoms with Gasteiger partial charge in [-0.15, -0.1) is 0 Å². The lowest BCUT2D eigenvalue weighted by atomic mass is 10.0. The molecular formula is C18H25N3O3. The first-order valence-electron chi connectivity index (χ1n) is 8.33. The van der Waals surface area contributed by atoms with Crippen molar-refractivity contribution >= 4 is 0 Å². The summed E-state index contributed by atoms with van der Waals surface area (Å²) in [7, 11) is 3.57. The molecule has 1 aromatic carbocycles. The molecule has 1 aliphatic heterocycles. The van der Waals surface area contributed by atoms with Crippen LogP contribution in [-0.4, -0.2) is 30.1 Å². The quantitative estimate of drug-likeness (QED) is 0.882.